The Balaban J connectivity index is 1.49. The summed E-state index contributed by atoms with van der Waals surface area (Å²) >= 11 is 0. The van der Waals surface area contributed by atoms with E-state index in [1.165, 1.54) is 0 Å². The van der Waals surface area contributed by atoms with Gasteiger partial charge in [0.2, 0.25) is 5.88 Å². The smallest absolute Gasteiger partial charge is 0.237 e. The van der Waals surface area contributed by atoms with Gasteiger partial charge >= 0.3 is 0 Å². The fraction of sp³-hybridized carbons (Fsp3) is 0.545. The van der Waals surface area contributed by atoms with E-state index in [9.17, 15) is 4.39 Å². The zero-order valence-corrected chi connectivity index (χ0v) is 16.6. The highest BCUT2D eigenvalue weighted by molar-refractivity contribution is 5.18. The Morgan fingerprint density at radius 3 is 2.52 bits per heavy atom. The van der Waals surface area contributed by atoms with Crippen LogP contribution in [0.5, 0.6) is 5.88 Å². The van der Waals surface area contributed by atoms with Gasteiger partial charge in [-0.15, -0.1) is 0 Å². The van der Waals surface area contributed by atoms with Crippen molar-refractivity contribution in [2.24, 2.45) is 5.92 Å². The molecule has 1 fully saturated rings. The lowest BCUT2D eigenvalue weighted by atomic mass is 9.90. The molecular weight excluding hydrogens is 341 g/mol. The predicted octanol–water partition coefficient (Wildman–Crippen LogP) is 4.64. The lowest BCUT2D eigenvalue weighted by molar-refractivity contribution is 0.116. The molecule has 2 heterocycles. The zero-order valence-electron chi connectivity index (χ0n) is 16.6. The summed E-state index contributed by atoms with van der Waals surface area (Å²) in [4.78, 5) is 11.3. The van der Waals surface area contributed by atoms with Crippen LogP contribution >= 0.6 is 0 Å². The van der Waals surface area contributed by atoms with E-state index in [1.54, 1.807) is 24.5 Å². The fourth-order valence-electron chi connectivity index (χ4n) is 3.54. The van der Waals surface area contributed by atoms with Crippen LogP contribution < -0.4 is 4.74 Å². The van der Waals surface area contributed by atoms with Crippen LogP contribution in [0.3, 0.4) is 0 Å². The van der Waals surface area contributed by atoms with E-state index in [4.69, 9.17) is 4.74 Å². The van der Waals surface area contributed by atoms with Crippen molar-refractivity contribution in [2.75, 3.05) is 13.1 Å². The summed E-state index contributed by atoms with van der Waals surface area (Å²) in [6.45, 7) is 8.89. The number of rotatable bonds is 6. The van der Waals surface area contributed by atoms with Gasteiger partial charge in [-0.2, -0.15) is 0 Å². The molecule has 3 rings (SSSR count). The molecule has 27 heavy (non-hydrogen) atoms. The second-order valence-corrected chi connectivity index (χ2v) is 8.37. The molecule has 1 aliphatic heterocycles. The summed E-state index contributed by atoms with van der Waals surface area (Å²) < 4.78 is 19.7. The van der Waals surface area contributed by atoms with Crippen molar-refractivity contribution in [3.63, 3.8) is 0 Å². The molecule has 0 aliphatic carbocycles. The number of likely N-dealkylation sites (tertiary alicyclic amines) is 1. The summed E-state index contributed by atoms with van der Waals surface area (Å²) in [5, 5.41) is 0. The molecule has 0 N–H and O–H groups in total. The van der Waals surface area contributed by atoms with E-state index in [0.29, 0.717) is 11.8 Å². The van der Waals surface area contributed by atoms with E-state index in [-0.39, 0.29) is 11.4 Å². The van der Waals surface area contributed by atoms with E-state index in [2.05, 4.69) is 14.9 Å². The first-order valence-electron chi connectivity index (χ1n) is 9.85. The van der Waals surface area contributed by atoms with Gasteiger partial charge in [-0.3, -0.25) is 9.88 Å². The Morgan fingerprint density at radius 2 is 1.81 bits per heavy atom. The molecule has 0 amide bonds. The van der Waals surface area contributed by atoms with Crippen LogP contribution in [0.4, 0.5) is 4.39 Å². The average molecular weight is 372 g/mol. The molecule has 0 atom stereocenters. The number of nitrogens with zero attached hydrogens (tertiary/aromatic N) is 3. The highest BCUT2D eigenvalue weighted by Gasteiger charge is 2.22. The van der Waals surface area contributed by atoms with Crippen LogP contribution in [0, 0.1) is 11.7 Å². The quantitative estimate of drug-likeness (QED) is 0.742. The maximum Gasteiger partial charge on any atom is 0.237 e. The third kappa shape index (κ3) is 5.99. The SMILES string of the molecule is CC(C)(C)Oc1nccnc1CN1CCC(CCc2ccccc2F)CC1. The summed E-state index contributed by atoms with van der Waals surface area (Å²) in [5.74, 6) is 1.21. The number of aromatic nitrogens is 2. The number of halogens is 1. The molecule has 1 aromatic carbocycles. The van der Waals surface area contributed by atoms with Crippen LogP contribution in [0.1, 0.15) is 51.3 Å². The highest BCUT2D eigenvalue weighted by Crippen LogP contribution is 2.26. The topological polar surface area (TPSA) is 38.3 Å². The van der Waals surface area contributed by atoms with Gasteiger partial charge in [0.25, 0.3) is 0 Å². The minimum Gasteiger partial charge on any atom is -0.471 e. The second kappa shape index (κ2) is 8.79. The van der Waals surface area contributed by atoms with Crippen LogP contribution in [0.2, 0.25) is 0 Å². The minimum absolute atomic E-state index is 0.0797. The molecule has 0 saturated carbocycles. The zero-order chi connectivity index (χ0) is 19.3. The van der Waals surface area contributed by atoms with Crippen molar-refractivity contribution >= 4 is 0 Å². The minimum atomic E-state index is -0.287. The van der Waals surface area contributed by atoms with Crippen LogP contribution in [-0.2, 0) is 13.0 Å². The molecule has 0 radical (unpaired) electrons. The number of hydrogen-bond acceptors (Lipinski definition) is 4. The Bertz CT molecular complexity index is 736. The van der Waals surface area contributed by atoms with Gasteiger partial charge in [-0.25, -0.2) is 9.37 Å². The van der Waals surface area contributed by atoms with Crippen molar-refractivity contribution in [3.05, 3.63) is 53.7 Å². The van der Waals surface area contributed by atoms with Gasteiger partial charge in [0.05, 0.1) is 0 Å². The lowest BCUT2D eigenvalue weighted by Crippen LogP contribution is -2.34. The molecule has 0 unspecified atom stereocenters. The van der Waals surface area contributed by atoms with E-state index in [0.717, 1.165) is 56.6 Å². The summed E-state index contributed by atoms with van der Waals surface area (Å²) in [7, 11) is 0. The van der Waals surface area contributed by atoms with Gasteiger partial charge in [0.1, 0.15) is 17.1 Å². The Kier molecular flexibility index (Phi) is 6.42. The van der Waals surface area contributed by atoms with E-state index in [1.807, 2.05) is 32.9 Å². The van der Waals surface area contributed by atoms with Crippen molar-refractivity contribution in [1.29, 1.82) is 0 Å². The predicted molar refractivity (Wildman–Crippen MR) is 105 cm³/mol. The van der Waals surface area contributed by atoms with Crippen LogP contribution in [0.15, 0.2) is 36.7 Å². The highest BCUT2D eigenvalue weighted by atomic mass is 19.1. The van der Waals surface area contributed by atoms with Crippen LogP contribution in [-0.4, -0.2) is 33.6 Å². The molecule has 1 saturated heterocycles. The molecule has 5 heteroatoms. The first-order chi connectivity index (χ1) is 12.9. The van der Waals surface area contributed by atoms with Crippen molar-refractivity contribution in [2.45, 2.75) is 58.6 Å². The molecule has 1 aromatic heterocycles. The average Bonchev–Trinajstić information content (AvgIpc) is 2.63. The van der Waals surface area contributed by atoms with Gasteiger partial charge in [-0.05, 0) is 77.1 Å². The molecular formula is C22H30FN3O. The molecule has 4 nitrogen and oxygen atoms in total. The maximum absolute atomic E-state index is 13.8. The number of piperidine rings is 1. The lowest BCUT2D eigenvalue weighted by Gasteiger charge is -2.32. The van der Waals surface area contributed by atoms with Crippen LogP contribution in [0.25, 0.3) is 0 Å². The number of benzene rings is 1. The van der Waals surface area contributed by atoms with Crippen molar-refractivity contribution < 1.29 is 9.13 Å². The third-order valence-corrected chi connectivity index (χ3v) is 5.00. The summed E-state index contributed by atoms with van der Waals surface area (Å²) in [5.41, 5.74) is 1.45. The first kappa shape index (κ1) is 19.7. The molecule has 0 bridgehead atoms. The number of hydrogen-bond donors (Lipinski definition) is 0. The Morgan fingerprint density at radius 1 is 1.11 bits per heavy atom. The maximum atomic E-state index is 13.8. The molecule has 0 spiro atoms. The van der Waals surface area contributed by atoms with E-state index < -0.39 is 0 Å². The molecule has 1 aliphatic rings. The fourth-order valence-corrected chi connectivity index (χ4v) is 3.54. The largest absolute Gasteiger partial charge is 0.471 e. The normalized spacial score (nSPS) is 16.4. The van der Waals surface area contributed by atoms with Gasteiger partial charge in [0.15, 0.2) is 0 Å². The standard InChI is InChI=1S/C22H30FN3O/c1-22(2,3)27-21-20(24-12-13-25-21)16-26-14-10-17(11-15-26)8-9-18-6-4-5-7-19(18)23/h4-7,12-13,17H,8-11,14-16H2,1-3H3. The van der Waals surface area contributed by atoms with Gasteiger partial charge in [0, 0.05) is 18.9 Å². The summed E-state index contributed by atoms with van der Waals surface area (Å²) in [6, 6.07) is 7.12. The molecule has 2 aromatic rings. The Hall–Kier alpha value is -2.01. The first-order valence-corrected chi connectivity index (χ1v) is 9.85. The summed E-state index contributed by atoms with van der Waals surface area (Å²) in [6.07, 6.45) is 7.57. The number of aryl methyl sites for hydroxylation is 1. The number of ether oxygens (including phenoxy) is 1. The second-order valence-electron chi connectivity index (χ2n) is 8.37. The van der Waals surface area contributed by atoms with Gasteiger partial charge < -0.3 is 4.74 Å². The van der Waals surface area contributed by atoms with E-state index >= 15 is 0 Å². The molecule has 146 valence electrons. The van der Waals surface area contributed by atoms with Crippen molar-refractivity contribution in [1.82, 2.24) is 14.9 Å². The van der Waals surface area contributed by atoms with Gasteiger partial charge in [-0.1, -0.05) is 18.2 Å². The third-order valence-electron chi connectivity index (χ3n) is 5.00. The Labute approximate surface area is 161 Å². The van der Waals surface area contributed by atoms with Crippen molar-refractivity contribution in [3.8, 4) is 5.88 Å². The monoisotopic (exact) mass is 371 g/mol.